The van der Waals surface area contributed by atoms with E-state index in [0.29, 0.717) is 5.82 Å². The standard InChI is InChI=1S/C9H11ClN4O3S/c1-18(16,17)13-4-5-14(9(15)6-13)8-3-2-7(10)11-12-8/h2-3H,4-6H2,1H3. The Morgan fingerprint density at radius 2 is 2.00 bits per heavy atom. The number of amides is 1. The van der Waals surface area contributed by atoms with E-state index >= 15 is 0 Å². The highest BCUT2D eigenvalue weighted by Crippen LogP contribution is 2.16. The van der Waals surface area contributed by atoms with E-state index in [1.54, 1.807) is 6.07 Å². The fourth-order valence-corrected chi connectivity index (χ4v) is 2.49. The number of hydrogen-bond acceptors (Lipinski definition) is 5. The molecule has 18 heavy (non-hydrogen) atoms. The second kappa shape index (κ2) is 4.79. The number of carbonyl (C=O) groups is 1. The van der Waals surface area contributed by atoms with Crippen LogP contribution in [-0.4, -0.2) is 54.7 Å². The summed E-state index contributed by atoms with van der Waals surface area (Å²) in [5.74, 6) is 0.0425. The van der Waals surface area contributed by atoms with Crippen LogP contribution in [-0.2, 0) is 14.8 Å². The molecule has 0 unspecified atom stereocenters. The van der Waals surface area contributed by atoms with Crippen molar-refractivity contribution in [2.45, 2.75) is 0 Å². The molecule has 0 aromatic carbocycles. The molecule has 1 aromatic rings. The van der Waals surface area contributed by atoms with E-state index in [0.717, 1.165) is 10.6 Å². The average molecular weight is 291 g/mol. The molecule has 0 aliphatic carbocycles. The number of rotatable bonds is 2. The van der Waals surface area contributed by atoms with Crippen LogP contribution < -0.4 is 4.90 Å². The predicted molar refractivity (Wildman–Crippen MR) is 65.8 cm³/mol. The highest BCUT2D eigenvalue weighted by atomic mass is 35.5. The monoisotopic (exact) mass is 290 g/mol. The minimum atomic E-state index is -3.34. The van der Waals surface area contributed by atoms with Crippen molar-refractivity contribution in [1.82, 2.24) is 14.5 Å². The molecule has 1 fully saturated rings. The van der Waals surface area contributed by atoms with E-state index in [2.05, 4.69) is 10.2 Å². The molecule has 2 heterocycles. The third-order valence-corrected chi connectivity index (χ3v) is 4.00. The van der Waals surface area contributed by atoms with Crippen molar-refractivity contribution in [2.75, 3.05) is 30.8 Å². The summed E-state index contributed by atoms with van der Waals surface area (Å²) in [6, 6.07) is 3.10. The first-order valence-corrected chi connectivity index (χ1v) is 7.35. The molecule has 0 N–H and O–H groups in total. The summed E-state index contributed by atoms with van der Waals surface area (Å²) in [4.78, 5) is 13.2. The quantitative estimate of drug-likeness (QED) is 0.749. The zero-order valence-corrected chi connectivity index (χ0v) is 11.1. The second-order valence-electron chi connectivity index (χ2n) is 3.86. The number of hydrogen-bond donors (Lipinski definition) is 0. The molecule has 1 aliphatic rings. The van der Waals surface area contributed by atoms with E-state index in [-0.39, 0.29) is 30.7 Å². The minimum absolute atomic E-state index is 0.177. The highest BCUT2D eigenvalue weighted by Gasteiger charge is 2.30. The predicted octanol–water partition coefficient (Wildman–Crippen LogP) is -0.262. The number of sulfonamides is 1. The van der Waals surface area contributed by atoms with Crippen molar-refractivity contribution < 1.29 is 13.2 Å². The van der Waals surface area contributed by atoms with Gasteiger partial charge in [0.25, 0.3) is 0 Å². The van der Waals surface area contributed by atoms with Crippen molar-refractivity contribution in [3.05, 3.63) is 17.3 Å². The van der Waals surface area contributed by atoms with Gasteiger partial charge in [0.05, 0.1) is 12.8 Å². The third-order valence-electron chi connectivity index (χ3n) is 2.55. The molecular weight excluding hydrogens is 280 g/mol. The van der Waals surface area contributed by atoms with Crippen LogP contribution in [0.25, 0.3) is 0 Å². The number of piperazine rings is 1. The van der Waals surface area contributed by atoms with Crippen LogP contribution in [0.1, 0.15) is 0 Å². The van der Waals surface area contributed by atoms with Gasteiger partial charge in [0.1, 0.15) is 0 Å². The van der Waals surface area contributed by atoms with Gasteiger partial charge in [-0.05, 0) is 12.1 Å². The van der Waals surface area contributed by atoms with Gasteiger partial charge >= 0.3 is 0 Å². The van der Waals surface area contributed by atoms with Crippen molar-refractivity contribution in [3.8, 4) is 0 Å². The number of aromatic nitrogens is 2. The molecule has 98 valence electrons. The summed E-state index contributed by atoms with van der Waals surface area (Å²) in [6.07, 6.45) is 1.08. The molecule has 0 atom stereocenters. The summed E-state index contributed by atoms with van der Waals surface area (Å²) in [5, 5.41) is 7.68. The fourth-order valence-electron chi connectivity index (χ4n) is 1.63. The molecular formula is C9H11ClN4O3S. The zero-order chi connectivity index (χ0) is 13.3. The maximum absolute atomic E-state index is 11.9. The molecule has 1 amide bonds. The largest absolute Gasteiger partial charge is 0.293 e. The number of carbonyl (C=O) groups excluding carboxylic acids is 1. The molecule has 1 aliphatic heterocycles. The SMILES string of the molecule is CS(=O)(=O)N1CCN(c2ccc(Cl)nn2)C(=O)C1. The van der Waals surface area contributed by atoms with Gasteiger partial charge in [0.2, 0.25) is 15.9 Å². The van der Waals surface area contributed by atoms with Gasteiger partial charge in [0.15, 0.2) is 11.0 Å². The Labute approximate surface area is 109 Å². The first kappa shape index (κ1) is 13.2. The number of nitrogens with zero attached hydrogens (tertiary/aromatic N) is 4. The molecule has 0 saturated carbocycles. The van der Waals surface area contributed by atoms with Crippen LogP contribution in [0.2, 0.25) is 5.15 Å². The van der Waals surface area contributed by atoms with Gasteiger partial charge in [-0.25, -0.2) is 8.42 Å². The molecule has 2 rings (SSSR count). The maximum atomic E-state index is 11.9. The van der Waals surface area contributed by atoms with Gasteiger partial charge in [-0.2, -0.15) is 4.31 Å². The van der Waals surface area contributed by atoms with E-state index in [1.165, 1.54) is 11.0 Å². The molecule has 0 spiro atoms. The Morgan fingerprint density at radius 1 is 1.28 bits per heavy atom. The number of halogens is 1. The normalized spacial score (nSPS) is 18.1. The minimum Gasteiger partial charge on any atom is -0.293 e. The molecule has 1 aromatic heterocycles. The second-order valence-corrected chi connectivity index (χ2v) is 6.23. The number of anilines is 1. The van der Waals surface area contributed by atoms with Gasteiger partial charge in [0, 0.05) is 13.1 Å². The lowest BCUT2D eigenvalue weighted by atomic mass is 10.3. The Bertz CT molecular complexity index is 560. The van der Waals surface area contributed by atoms with Crippen molar-refractivity contribution in [2.24, 2.45) is 0 Å². The topological polar surface area (TPSA) is 83.5 Å². The van der Waals surface area contributed by atoms with Gasteiger partial charge in [-0.15, -0.1) is 10.2 Å². The fraction of sp³-hybridized carbons (Fsp3) is 0.444. The van der Waals surface area contributed by atoms with Gasteiger partial charge in [-0.1, -0.05) is 11.6 Å². The lowest BCUT2D eigenvalue weighted by Gasteiger charge is -2.31. The third kappa shape index (κ3) is 2.77. The van der Waals surface area contributed by atoms with Crippen LogP contribution >= 0.6 is 11.6 Å². The van der Waals surface area contributed by atoms with Crippen molar-refractivity contribution >= 4 is 33.3 Å². The summed E-state index contributed by atoms with van der Waals surface area (Å²) in [6.45, 7) is 0.320. The van der Waals surface area contributed by atoms with Crippen LogP contribution in [0.5, 0.6) is 0 Å². The molecule has 1 saturated heterocycles. The summed E-state index contributed by atoms with van der Waals surface area (Å²) >= 11 is 5.61. The maximum Gasteiger partial charge on any atom is 0.243 e. The van der Waals surface area contributed by atoms with E-state index < -0.39 is 10.0 Å². The lowest BCUT2D eigenvalue weighted by molar-refractivity contribution is -0.120. The summed E-state index contributed by atoms with van der Waals surface area (Å²) in [7, 11) is -3.34. The summed E-state index contributed by atoms with van der Waals surface area (Å²) < 4.78 is 23.8. The molecule has 0 radical (unpaired) electrons. The molecule has 0 bridgehead atoms. The molecule has 7 nitrogen and oxygen atoms in total. The first-order chi connectivity index (χ1) is 8.38. The van der Waals surface area contributed by atoms with Gasteiger partial charge in [-0.3, -0.25) is 9.69 Å². The Morgan fingerprint density at radius 3 is 2.50 bits per heavy atom. The Hall–Kier alpha value is -1.25. The summed E-state index contributed by atoms with van der Waals surface area (Å²) in [5.41, 5.74) is 0. The van der Waals surface area contributed by atoms with Crippen molar-refractivity contribution in [3.63, 3.8) is 0 Å². The average Bonchev–Trinajstić information content (AvgIpc) is 2.29. The highest BCUT2D eigenvalue weighted by molar-refractivity contribution is 7.88. The Kier molecular flexibility index (Phi) is 3.51. The van der Waals surface area contributed by atoms with Crippen molar-refractivity contribution in [1.29, 1.82) is 0 Å². The van der Waals surface area contributed by atoms with Crippen LogP contribution in [0, 0.1) is 0 Å². The van der Waals surface area contributed by atoms with E-state index in [1.807, 2.05) is 0 Å². The smallest absolute Gasteiger partial charge is 0.243 e. The molecule has 9 heteroatoms. The van der Waals surface area contributed by atoms with Crippen LogP contribution in [0.15, 0.2) is 12.1 Å². The zero-order valence-electron chi connectivity index (χ0n) is 9.58. The van der Waals surface area contributed by atoms with E-state index in [4.69, 9.17) is 11.6 Å². The van der Waals surface area contributed by atoms with Crippen LogP contribution in [0.3, 0.4) is 0 Å². The Balaban J connectivity index is 2.15. The van der Waals surface area contributed by atoms with Crippen LogP contribution in [0.4, 0.5) is 5.82 Å². The lowest BCUT2D eigenvalue weighted by Crippen LogP contribution is -2.52. The first-order valence-electron chi connectivity index (χ1n) is 5.12. The van der Waals surface area contributed by atoms with Gasteiger partial charge < -0.3 is 0 Å². The van der Waals surface area contributed by atoms with E-state index in [9.17, 15) is 13.2 Å².